The van der Waals surface area contributed by atoms with Crippen molar-refractivity contribution in [2.24, 2.45) is 0 Å². The largest absolute Gasteiger partial charge is 0.462 e. The third-order valence-electron chi connectivity index (χ3n) is 5.37. The lowest BCUT2D eigenvalue weighted by Gasteiger charge is -2.09. The fourth-order valence-electron chi connectivity index (χ4n) is 3.63. The van der Waals surface area contributed by atoms with Gasteiger partial charge < -0.3 is 9.15 Å². The van der Waals surface area contributed by atoms with Crippen LogP contribution in [0.3, 0.4) is 0 Å². The number of pyridine rings is 1. The van der Waals surface area contributed by atoms with Gasteiger partial charge in [0.25, 0.3) is 0 Å². The first-order chi connectivity index (χ1) is 16.0. The Morgan fingerprint density at radius 2 is 1.94 bits per heavy atom. The number of esters is 1. The van der Waals surface area contributed by atoms with E-state index >= 15 is 0 Å². The Kier molecular flexibility index (Phi) is 5.26. The molecule has 2 aromatic carbocycles. The number of hydrogen-bond acceptors (Lipinski definition) is 7. The minimum atomic E-state index is -0.495. The minimum Gasteiger partial charge on any atom is -0.462 e. The zero-order valence-corrected chi connectivity index (χ0v) is 18.6. The third kappa shape index (κ3) is 3.91. The number of ether oxygens (including phenoxy) is 1. The van der Waals surface area contributed by atoms with Crippen molar-refractivity contribution < 1.29 is 13.9 Å². The average molecular weight is 441 g/mol. The summed E-state index contributed by atoms with van der Waals surface area (Å²) in [5.74, 6) is 0.792. The van der Waals surface area contributed by atoms with Gasteiger partial charge in [-0.2, -0.15) is 14.8 Å². The Labute approximate surface area is 190 Å². The molecule has 5 rings (SSSR count). The molecule has 0 amide bonds. The number of hydrogen-bond donors (Lipinski definition) is 1. The number of fused-ring (bicyclic) bond motifs is 2. The first-order valence-corrected chi connectivity index (χ1v) is 10.8. The van der Waals surface area contributed by atoms with Gasteiger partial charge in [0.1, 0.15) is 11.1 Å². The number of para-hydroxylation sites is 1. The molecule has 0 saturated heterocycles. The Morgan fingerprint density at radius 3 is 2.76 bits per heavy atom. The van der Waals surface area contributed by atoms with Crippen molar-refractivity contribution in [1.29, 1.82) is 0 Å². The smallest absolute Gasteiger partial charge is 0.343 e. The summed E-state index contributed by atoms with van der Waals surface area (Å²) in [6.07, 6.45) is 1.46. The van der Waals surface area contributed by atoms with Crippen molar-refractivity contribution in [3.63, 3.8) is 0 Å². The quantitative estimate of drug-likeness (QED) is 0.342. The monoisotopic (exact) mass is 441 g/mol. The molecule has 0 radical (unpaired) electrons. The van der Waals surface area contributed by atoms with E-state index in [1.54, 1.807) is 11.6 Å². The van der Waals surface area contributed by atoms with Crippen LogP contribution in [-0.2, 0) is 4.74 Å². The molecule has 0 spiro atoms. The summed E-state index contributed by atoms with van der Waals surface area (Å²) in [4.78, 5) is 21.9. The van der Waals surface area contributed by atoms with Gasteiger partial charge in [-0.3, -0.25) is 5.32 Å². The molecule has 0 bridgehead atoms. The lowest BCUT2D eigenvalue weighted by molar-refractivity contribution is 0.0527. The summed E-state index contributed by atoms with van der Waals surface area (Å²) in [6, 6.07) is 17.8. The second kappa shape index (κ2) is 8.38. The molecule has 1 N–H and O–H groups in total. The van der Waals surface area contributed by atoms with E-state index in [9.17, 15) is 4.79 Å². The Balaban J connectivity index is 1.59. The van der Waals surface area contributed by atoms with E-state index < -0.39 is 5.97 Å². The van der Waals surface area contributed by atoms with E-state index in [0.717, 1.165) is 16.4 Å². The Bertz CT molecular complexity index is 1470. The molecular formula is C25H23N5O3. The van der Waals surface area contributed by atoms with Gasteiger partial charge >= 0.3 is 12.0 Å². The van der Waals surface area contributed by atoms with E-state index in [4.69, 9.17) is 14.1 Å². The average Bonchev–Trinajstić information content (AvgIpc) is 3.42. The maximum absolute atomic E-state index is 12.6. The molecular weight excluding hydrogens is 418 g/mol. The summed E-state index contributed by atoms with van der Waals surface area (Å²) in [6.45, 7) is 6.26. The Morgan fingerprint density at radius 1 is 1.09 bits per heavy atom. The summed E-state index contributed by atoms with van der Waals surface area (Å²) in [5, 5.41) is 8.54. The van der Waals surface area contributed by atoms with Crippen molar-refractivity contribution in [2.75, 3.05) is 11.9 Å². The number of oxazole rings is 1. The van der Waals surface area contributed by atoms with Gasteiger partial charge in [0.2, 0.25) is 0 Å². The van der Waals surface area contributed by atoms with Gasteiger partial charge in [-0.05, 0) is 48.7 Å². The fourth-order valence-corrected chi connectivity index (χ4v) is 3.63. The number of nitrogens with one attached hydrogen (secondary N) is 1. The van der Waals surface area contributed by atoms with Crippen molar-refractivity contribution >= 4 is 39.8 Å². The number of carbonyl (C=O) groups is 1. The second-order valence-electron chi connectivity index (χ2n) is 7.93. The van der Waals surface area contributed by atoms with Crippen LogP contribution in [0.15, 0.2) is 65.2 Å². The highest BCUT2D eigenvalue weighted by Gasteiger charge is 2.22. The predicted octanol–water partition coefficient (Wildman–Crippen LogP) is 5.61. The molecule has 5 aromatic rings. The molecule has 3 heterocycles. The number of benzene rings is 2. The summed E-state index contributed by atoms with van der Waals surface area (Å²) >= 11 is 0. The third-order valence-corrected chi connectivity index (χ3v) is 5.37. The first kappa shape index (κ1) is 20.7. The lowest BCUT2D eigenvalue weighted by atomic mass is 10.0. The van der Waals surface area contributed by atoms with Crippen molar-refractivity contribution in [3.8, 4) is 5.82 Å². The highest BCUT2D eigenvalue weighted by molar-refractivity contribution is 5.95. The van der Waals surface area contributed by atoms with Crippen LogP contribution in [0.1, 0.15) is 42.6 Å². The maximum Gasteiger partial charge on any atom is 0.343 e. The summed E-state index contributed by atoms with van der Waals surface area (Å²) in [7, 11) is 0. The molecule has 0 aliphatic carbocycles. The highest BCUT2D eigenvalue weighted by atomic mass is 16.5. The molecule has 0 unspecified atom stereocenters. The summed E-state index contributed by atoms with van der Waals surface area (Å²) in [5.41, 5.74) is 3.62. The van der Waals surface area contributed by atoms with E-state index in [0.29, 0.717) is 23.1 Å². The highest BCUT2D eigenvalue weighted by Crippen LogP contribution is 2.29. The zero-order valence-electron chi connectivity index (χ0n) is 18.6. The first-order valence-electron chi connectivity index (χ1n) is 10.8. The molecule has 0 aliphatic heterocycles. The van der Waals surface area contributed by atoms with Gasteiger partial charge in [-0.25, -0.2) is 9.78 Å². The van der Waals surface area contributed by atoms with Crippen LogP contribution in [-0.4, -0.2) is 32.3 Å². The number of carbonyl (C=O) groups excluding carboxylic acids is 1. The van der Waals surface area contributed by atoms with Crippen LogP contribution in [0, 0.1) is 0 Å². The van der Waals surface area contributed by atoms with E-state index in [-0.39, 0.29) is 18.2 Å². The maximum atomic E-state index is 12.6. The van der Waals surface area contributed by atoms with Gasteiger partial charge in [-0.1, -0.05) is 38.1 Å². The predicted molar refractivity (Wildman–Crippen MR) is 126 cm³/mol. The van der Waals surface area contributed by atoms with Crippen LogP contribution < -0.4 is 5.32 Å². The molecule has 0 fully saturated rings. The lowest BCUT2D eigenvalue weighted by Crippen LogP contribution is -2.10. The fraction of sp³-hybridized carbons (Fsp3) is 0.200. The van der Waals surface area contributed by atoms with E-state index in [2.05, 4.69) is 29.2 Å². The molecule has 166 valence electrons. The molecule has 0 saturated carbocycles. The van der Waals surface area contributed by atoms with Crippen molar-refractivity contribution in [1.82, 2.24) is 19.7 Å². The molecule has 0 aliphatic rings. The Hall–Kier alpha value is -4.20. The number of nitrogens with zero attached hydrogens (tertiary/aromatic N) is 4. The normalized spacial score (nSPS) is 11.4. The topological polar surface area (TPSA) is 95.1 Å². The van der Waals surface area contributed by atoms with Gasteiger partial charge in [0.15, 0.2) is 17.2 Å². The molecule has 0 atom stereocenters. The van der Waals surface area contributed by atoms with Crippen molar-refractivity contribution in [2.45, 2.75) is 26.7 Å². The summed E-state index contributed by atoms with van der Waals surface area (Å²) < 4.78 is 12.7. The number of rotatable bonds is 6. The van der Waals surface area contributed by atoms with Gasteiger partial charge in [0, 0.05) is 5.39 Å². The molecule has 8 heteroatoms. The van der Waals surface area contributed by atoms with Crippen LogP contribution in [0.5, 0.6) is 0 Å². The van der Waals surface area contributed by atoms with Gasteiger partial charge in [-0.15, -0.1) is 0 Å². The van der Waals surface area contributed by atoms with Crippen LogP contribution in [0.25, 0.3) is 27.8 Å². The van der Waals surface area contributed by atoms with Gasteiger partial charge in [0.05, 0.1) is 18.3 Å². The SMILES string of the molecule is CCOC(=O)c1cnn(-c2ccc3ccccc3n2)c1Nc1nc2cc(C(C)C)ccc2o1. The van der Waals surface area contributed by atoms with Crippen LogP contribution >= 0.6 is 0 Å². The van der Waals surface area contributed by atoms with Crippen molar-refractivity contribution in [3.05, 3.63) is 71.9 Å². The number of aromatic nitrogens is 4. The molecule has 3 aromatic heterocycles. The molecule has 33 heavy (non-hydrogen) atoms. The standard InChI is InChI=1S/C25H23N5O3/c1-4-32-24(31)18-14-26-30(22-12-10-16-7-5-6-8-19(16)27-22)23(18)29-25-28-20-13-17(15(2)3)9-11-21(20)33-25/h5-15H,4H2,1-3H3,(H,28,29). The minimum absolute atomic E-state index is 0.249. The van der Waals surface area contributed by atoms with Crippen LogP contribution in [0.4, 0.5) is 11.8 Å². The van der Waals surface area contributed by atoms with E-state index in [1.165, 1.54) is 11.8 Å². The zero-order chi connectivity index (χ0) is 22.9. The second-order valence-corrected chi connectivity index (χ2v) is 7.93. The number of anilines is 2. The molecule has 8 nitrogen and oxygen atoms in total. The van der Waals surface area contributed by atoms with E-state index in [1.807, 2.05) is 54.6 Å². The van der Waals surface area contributed by atoms with Crippen LogP contribution in [0.2, 0.25) is 0 Å².